The number of hydrogen-bond acceptors (Lipinski definition) is 2. The van der Waals surface area contributed by atoms with Gasteiger partial charge in [0.25, 0.3) is 0 Å². The summed E-state index contributed by atoms with van der Waals surface area (Å²) in [5, 5.41) is 0. The molecular formula is C14H23NO. The maximum Gasteiger partial charge on any atom is 0.125 e. The Balaban J connectivity index is 2.54. The van der Waals surface area contributed by atoms with Gasteiger partial charge in [0.05, 0.1) is 6.61 Å². The van der Waals surface area contributed by atoms with Gasteiger partial charge in [0.15, 0.2) is 0 Å². The van der Waals surface area contributed by atoms with Crippen molar-refractivity contribution < 1.29 is 4.74 Å². The molecule has 0 spiro atoms. The quantitative estimate of drug-likeness (QED) is 0.608. The zero-order valence-corrected chi connectivity index (χ0v) is 10.8. The summed E-state index contributed by atoms with van der Waals surface area (Å²) < 4.78 is 5.82. The fraction of sp³-hybridized carbons (Fsp3) is 0.571. The Labute approximate surface area is 98.8 Å². The van der Waals surface area contributed by atoms with Crippen molar-refractivity contribution in [1.82, 2.24) is 0 Å². The van der Waals surface area contributed by atoms with Gasteiger partial charge in [-0.05, 0) is 55.9 Å². The first kappa shape index (κ1) is 12.9. The molecule has 0 radical (unpaired) electrons. The lowest BCUT2D eigenvalue weighted by Crippen LogP contribution is -2.03. The number of nitrogen functional groups attached to an aromatic ring is 1. The number of benzene rings is 1. The van der Waals surface area contributed by atoms with Crippen LogP contribution < -0.4 is 10.5 Å². The SMILES string of the molecule is Cc1cc(N)cc(C)c1OCCCC(C)C. The molecule has 0 aliphatic carbocycles. The Hall–Kier alpha value is -1.18. The summed E-state index contributed by atoms with van der Waals surface area (Å²) in [7, 11) is 0. The Kier molecular flexibility index (Phi) is 4.66. The monoisotopic (exact) mass is 221 g/mol. The predicted octanol–water partition coefficient (Wildman–Crippen LogP) is 3.70. The Morgan fingerprint density at radius 2 is 1.75 bits per heavy atom. The number of rotatable bonds is 5. The minimum Gasteiger partial charge on any atom is -0.493 e. The fourth-order valence-corrected chi connectivity index (χ4v) is 1.88. The molecule has 16 heavy (non-hydrogen) atoms. The zero-order valence-electron chi connectivity index (χ0n) is 10.8. The average Bonchev–Trinajstić information content (AvgIpc) is 2.14. The van der Waals surface area contributed by atoms with Crippen LogP contribution in [0.2, 0.25) is 0 Å². The van der Waals surface area contributed by atoms with Gasteiger partial charge in [-0.3, -0.25) is 0 Å². The van der Waals surface area contributed by atoms with Gasteiger partial charge in [0.1, 0.15) is 5.75 Å². The minimum atomic E-state index is 0.747. The average molecular weight is 221 g/mol. The first-order valence-corrected chi connectivity index (χ1v) is 6.00. The van der Waals surface area contributed by atoms with Gasteiger partial charge in [-0.15, -0.1) is 0 Å². The summed E-state index contributed by atoms with van der Waals surface area (Å²) in [4.78, 5) is 0. The summed E-state index contributed by atoms with van der Waals surface area (Å²) in [5.74, 6) is 1.75. The standard InChI is InChI=1S/C14H23NO/c1-10(2)6-5-7-16-14-11(3)8-13(15)9-12(14)4/h8-10H,5-7,15H2,1-4H3. The third-order valence-electron chi connectivity index (χ3n) is 2.65. The Bertz CT molecular complexity index is 322. The highest BCUT2D eigenvalue weighted by molar-refractivity contribution is 5.52. The lowest BCUT2D eigenvalue weighted by atomic mass is 10.1. The summed E-state index contributed by atoms with van der Waals surface area (Å²) in [6.45, 7) is 9.35. The minimum absolute atomic E-state index is 0.747. The van der Waals surface area contributed by atoms with E-state index in [1.54, 1.807) is 0 Å². The van der Waals surface area contributed by atoms with Gasteiger partial charge < -0.3 is 10.5 Å². The molecule has 2 heteroatoms. The normalized spacial score (nSPS) is 10.8. The number of anilines is 1. The number of aryl methyl sites for hydroxylation is 2. The molecule has 0 fully saturated rings. The van der Waals surface area contributed by atoms with Gasteiger partial charge in [-0.25, -0.2) is 0 Å². The van der Waals surface area contributed by atoms with Crippen molar-refractivity contribution in [2.75, 3.05) is 12.3 Å². The molecule has 0 bridgehead atoms. The molecule has 0 aromatic heterocycles. The van der Waals surface area contributed by atoms with Crippen LogP contribution in [0.15, 0.2) is 12.1 Å². The van der Waals surface area contributed by atoms with E-state index in [4.69, 9.17) is 10.5 Å². The van der Waals surface area contributed by atoms with E-state index in [0.29, 0.717) is 0 Å². The molecule has 1 rings (SSSR count). The van der Waals surface area contributed by atoms with Gasteiger partial charge in [0.2, 0.25) is 0 Å². The second kappa shape index (κ2) is 5.78. The molecule has 0 amide bonds. The first-order valence-electron chi connectivity index (χ1n) is 6.00. The van der Waals surface area contributed by atoms with Crippen molar-refractivity contribution in [2.45, 2.75) is 40.5 Å². The number of ether oxygens (including phenoxy) is 1. The van der Waals surface area contributed by atoms with Crippen molar-refractivity contribution in [2.24, 2.45) is 5.92 Å². The molecule has 0 aliphatic rings. The second-order valence-electron chi connectivity index (χ2n) is 4.87. The molecule has 2 nitrogen and oxygen atoms in total. The smallest absolute Gasteiger partial charge is 0.125 e. The Morgan fingerprint density at radius 1 is 1.19 bits per heavy atom. The van der Waals surface area contributed by atoms with Crippen molar-refractivity contribution in [3.8, 4) is 5.75 Å². The molecule has 0 heterocycles. The largest absolute Gasteiger partial charge is 0.493 e. The van der Waals surface area contributed by atoms with Crippen molar-refractivity contribution in [1.29, 1.82) is 0 Å². The van der Waals surface area contributed by atoms with Gasteiger partial charge in [0, 0.05) is 5.69 Å². The molecular weight excluding hydrogens is 198 g/mol. The van der Waals surface area contributed by atoms with Gasteiger partial charge >= 0.3 is 0 Å². The molecule has 1 aromatic carbocycles. The van der Waals surface area contributed by atoms with Crippen molar-refractivity contribution in [3.05, 3.63) is 23.3 Å². The maximum absolute atomic E-state index is 5.82. The highest BCUT2D eigenvalue weighted by Gasteiger charge is 2.05. The van der Waals surface area contributed by atoms with Gasteiger partial charge in [-0.2, -0.15) is 0 Å². The summed E-state index contributed by atoms with van der Waals surface area (Å²) in [6, 6.07) is 3.93. The van der Waals surface area contributed by atoms with E-state index in [0.717, 1.165) is 41.5 Å². The van der Waals surface area contributed by atoms with Gasteiger partial charge in [-0.1, -0.05) is 13.8 Å². The van der Waals surface area contributed by atoms with Crippen LogP contribution in [0.1, 0.15) is 37.8 Å². The van der Waals surface area contributed by atoms with E-state index in [-0.39, 0.29) is 0 Å². The topological polar surface area (TPSA) is 35.2 Å². The summed E-state index contributed by atoms with van der Waals surface area (Å²) in [5.41, 5.74) is 8.83. The molecule has 0 saturated carbocycles. The Morgan fingerprint density at radius 3 is 2.25 bits per heavy atom. The lowest BCUT2D eigenvalue weighted by molar-refractivity contribution is 0.294. The summed E-state index contributed by atoms with van der Waals surface area (Å²) >= 11 is 0. The van der Waals surface area contributed by atoms with E-state index >= 15 is 0 Å². The van der Waals surface area contributed by atoms with Crippen LogP contribution in [0, 0.1) is 19.8 Å². The third-order valence-corrected chi connectivity index (χ3v) is 2.65. The zero-order chi connectivity index (χ0) is 12.1. The molecule has 0 unspecified atom stereocenters. The van der Waals surface area contributed by atoms with Crippen LogP contribution in [-0.2, 0) is 0 Å². The first-order chi connectivity index (χ1) is 7.50. The highest BCUT2D eigenvalue weighted by Crippen LogP contribution is 2.26. The highest BCUT2D eigenvalue weighted by atomic mass is 16.5. The van der Waals surface area contributed by atoms with Crippen molar-refractivity contribution >= 4 is 5.69 Å². The predicted molar refractivity (Wildman–Crippen MR) is 69.9 cm³/mol. The molecule has 0 atom stereocenters. The van der Waals surface area contributed by atoms with E-state index in [1.807, 2.05) is 26.0 Å². The third kappa shape index (κ3) is 3.76. The molecule has 1 aromatic rings. The van der Waals surface area contributed by atoms with E-state index in [1.165, 1.54) is 6.42 Å². The van der Waals surface area contributed by atoms with Crippen LogP contribution in [0.5, 0.6) is 5.75 Å². The van der Waals surface area contributed by atoms with Crippen LogP contribution >= 0.6 is 0 Å². The van der Waals surface area contributed by atoms with E-state index in [2.05, 4.69) is 13.8 Å². The summed E-state index contributed by atoms with van der Waals surface area (Å²) in [6.07, 6.45) is 2.33. The lowest BCUT2D eigenvalue weighted by Gasteiger charge is -2.13. The van der Waals surface area contributed by atoms with E-state index < -0.39 is 0 Å². The van der Waals surface area contributed by atoms with Crippen LogP contribution in [-0.4, -0.2) is 6.61 Å². The number of hydrogen-bond donors (Lipinski definition) is 1. The molecule has 90 valence electrons. The van der Waals surface area contributed by atoms with Crippen molar-refractivity contribution in [3.63, 3.8) is 0 Å². The van der Waals surface area contributed by atoms with E-state index in [9.17, 15) is 0 Å². The fourth-order valence-electron chi connectivity index (χ4n) is 1.88. The van der Waals surface area contributed by atoms with Crippen LogP contribution in [0.4, 0.5) is 5.69 Å². The number of nitrogens with two attached hydrogens (primary N) is 1. The second-order valence-corrected chi connectivity index (χ2v) is 4.87. The molecule has 2 N–H and O–H groups in total. The molecule has 0 saturated heterocycles. The van der Waals surface area contributed by atoms with Crippen LogP contribution in [0.3, 0.4) is 0 Å². The molecule has 0 aliphatic heterocycles. The maximum atomic E-state index is 5.82. The van der Waals surface area contributed by atoms with Crippen LogP contribution in [0.25, 0.3) is 0 Å².